The summed E-state index contributed by atoms with van der Waals surface area (Å²) in [6.45, 7) is 2.97. The van der Waals surface area contributed by atoms with Gasteiger partial charge in [-0.2, -0.15) is 0 Å². The summed E-state index contributed by atoms with van der Waals surface area (Å²) in [7, 11) is 0. The van der Waals surface area contributed by atoms with E-state index < -0.39 is 0 Å². The van der Waals surface area contributed by atoms with Crippen molar-refractivity contribution in [3.8, 4) is 5.75 Å². The number of nitrogens with zero attached hydrogens (tertiary/aromatic N) is 1. The molecule has 5 heteroatoms. The molecule has 0 amide bonds. The second-order valence-corrected chi connectivity index (χ2v) is 5.54. The molecule has 19 heavy (non-hydrogen) atoms. The number of rotatable bonds is 6. The van der Waals surface area contributed by atoms with E-state index in [0.29, 0.717) is 18.2 Å². The molecule has 0 atom stereocenters. The Balaban J connectivity index is 2.03. The van der Waals surface area contributed by atoms with Crippen LogP contribution in [0.3, 0.4) is 0 Å². The van der Waals surface area contributed by atoms with E-state index in [-0.39, 0.29) is 0 Å². The van der Waals surface area contributed by atoms with Gasteiger partial charge in [-0.15, -0.1) is 11.3 Å². The molecule has 2 aromatic rings. The molecule has 3 nitrogen and oxygen atoms in total. The number of aryl methyl sites for hydroxylation is 1. The third-order valence-electron chi connectivity index (χ3n) is 2.72. The maximum atomic E-state index is 6.08. The highest BCUT2D eigenvalue weighted by Crippen LogP contribution is 2.26. The van der Waals surface area contributed by atoms with Gasteiger partial charge in [0, 0.05) is 22.5 Å². The van der Waals surface area contributed by atoms with Gasteiger partial charge >= 0.3 is 0 Å². The lowest BCUT2D eigenvalue weighted by atomic mass is 10.2. The van der Waals surface area contributed by atoms with Crippen molar-refractivity contribution in [2.45, 2.75) is 32.9 Å². The Kier molecular flexibility index (Phi) is 5.19. The molecule has 1 aromatic carbocycles. The van der Waals surface area contributed by atoms with Crippen molar-refractivity contribution >= 4 is 22.9 Å². The zero-order valence-electron chi connectivity index (χ0n) is 10.9. The molecule has 1 aromatic heterocycles. The van der Waals surface area contributed by atoms with Crippen LogP contribution in [0.15, 0.2) is 23.6 Å². The third-order valence-corrected chi connectivity index (χ3v) is 4.03. The van der Waals surface area contributed by atoms with Gasteiger partial charge in [0.25, 0.3) is 0 Å². The minimum absolute atomic E-state index is 0.368. The van der Waals surface area contributed by atoms with E-state index in [2.05, 4.69) is 11.9 Å². The van der Waals surface area contributed by atoms with Crippen LogP contribution in [0.2, 0.25) is 5.02 Å². The van der Waals surface area contributed by atoms with Crippen LogP contribution in [-0.2, 0) is 19.6 Å². The fraction of sp³-hybridized carbons (Fsp3) is 0.357. The fourth-order valence-electron chi connectivity index (χ4n) is 1.77. The van der Waals surface area contributed by atoms with Crippen molar-refractivity contribution < 1.29 is 4.74 Å². The number of hydrogen-bond donors (Lipinski definition) is 1. The maximum absolute atomic E-state index is 6.08. The molecule has 0 saturated carbocycles. The quantitative estimate of drug-likeness (QED) is 0.882. The standard InChI is InChI=1S/C14H17ClN2OS/c1-2-4-14-17-10(9-19-14)8-18-13-6-3-5-12(15)11(13)7-16/h3,5-6,9H,2,4,7-8,16H2,1H3. The van der Waals surface area contributed by atoms with Gasteiger partial charge in [0.2, 0.25) is 0 Å². The van der Waals surface area contributed by atoms with E-state index in [9.17, 15) is 0 Å². The first-order valence-electron chi connectivity index (χ1n) is 6.28. The van der Waals surface area contributed by atoms with Gasteiger partial charge < -0.3 is 10.5 Å². The van der Waals surface area contributed by atoms with Gasteiger partial charge in [-0.1, -0.05) is 24.6 Å². The molecule has 0 saturated heterocycles. The molecule has 102 valence electrons. The van der Waals surface area contributed by atoms with Gasteiger partial charge in [-0.25, -0.2) is 4.98 Å². The Hall–Kier alpha value is -1.10. The number of thiazole rings is 1. The zero-order valence-corrected chi connectivity index (χ0v) is 12.4. The average molecular weight is 297 g/mol. The third kappa shape index (κ3) is 3.69. The molecule has 0 unspecified atom stereocenters. The fourth-order valence-corrected chi connectivity index (χ4v) is 2.90. The Morgan fingerprint density at radius 3 is 3.00 bits per heavy atom. The van der Waals surface area contributed by atoms with E-state index in [1.165, 1.54) is 0 Å². The second-order valence-electron chi connectivity index (χ2n) is 4.19. The summed E-state index contributed by atoms with van der Waals surface area (Å²) in [6.07, 6.45) is 2.13. The molecule has 0 aliphatic heterocycles. The van der Waals surface area contributed by atoms with E-state index in [0.717, 1.165) is 34.9 Å². The predicted molar refractivity (Wildman–Crippen MR) is 79.8 cm³/mol. The van der Waals surface area contributed by atoms with E-state index >= 15 is 0 Å². The number of ether oxygens (including phenoxy) is 1. The first-order chi connectivity index (χ1) is 9.24. The minimum atomic E-state index is 0.368. The Labute approximate surface area is 122 Å². The van der Waals surface area contributed by atoms with Crippen molar-refractivity contribution in [1.82, 2.24) is 4.98 Å². The van der Waals surface area contributed by atoms with Crippen LogP contribution in [0.25, 0.3) is 0 Å². The van der Waals surface area contributed by atoms with Gasteiger partial charge in [0.1, 0.15) is 12.4 Å². The molecule has 2 N–H and O–H groups in total. The molecular weight excluding hydrogens is 280 g/mol. The van der Waals surface area contributed by atoms with E-state index in [1.54, 1.807) is 11.3 Å². The van der Waals surface area contributed by atoms with Crippen LogP contribution >= 0.6 is 22.9 Å². The Bertz CT molecular complexity index is 542. The van der Waals surface area contributed by atoms with Crippen LogP contribution in [0.1, 0.15) is 29.6 Å². The predicted octanol–water partition coefficient (Wildman–Crippen LogP) is 3.79. The summed E-state index contributed by atoms with van der Waals surface area (Å²) in [4.78, 5) is 4.52. The van der Waals surface area contributed by atoms with Crippen LogP contribution in [0.4, 0.5) is 0 Å². The summed E-state index contributed by atoms with van der Waals surface area (Å²) in [5.41, 5.74) is 7.48. The number of benzene rings is 1. The lowest BCUT2D eigenvalue weighted by molar-refractivity contribution is 0.299. The number of halogens is 1. The molecule has 0 fully saturated rings. The molecular formula is C14H17ClN2OS. The molecule has 2 rings (SSSR count). The van der Waals surface area contributed by atoms with Crippen molar-refractivity contribution in [1.29, 1.82) is 0 Å². The van der Waals surface area contributed by atoms with Crippen LogP contribution in [0, 0.1) is 0 Å². The summed E-state index contributed by atoms with van der Waals surface area (Å²) in [5, 5.41) is 3.84. The minimum Gasteiger partial charge on any atom is -0.487 e. The Morgan fingerprint density at radius 1 is 1.42 bits per heavy atom. The topological polar surface area (TPSA) is 48.1 Å². The first-order valence-corrected chi connectivity index (χ1v) is 7.54. The van der Waals surface area contributed by atoms with E-state index in [4.69, 9.17) is 22.1 Å². The van der Waals surface area contributed by atoms with Crippen molar-refractivity contribution in [2.24, 2.45) is 5.73 Å². The van der Waals surface area contributed by atoms with Gasteiger partial charge in [-0.05, 0) is 25.0 Å². The van der Waals surface area contributed by atoms with Crippen LogP contribution in [0.5, 0.6) is 5.75 Å². The van der Waals surface area contributed by atoms with Crippen molar-refractivity contribution in [3.63, 3.8) is 0 Å². The molecule has 0 bridgehead atoms. The highest BCUT2D eigenvalue weighted by molar-refractivity contribution is 7.09. The summed E-state index contributed by atoms with van der Waals surface area (Å²) in [6, 6.07) is 5.56. The molecule has 0 aliphatic rings. The van der Waals surface area contributed by atoms with Crippen molar-refractivity contribution in [2.75, 3.05) is 0 Å². The summed E-state index contributed by atoms with van der Waals surface area (Å²) >= 11 is 7.76. The van der Waals surface area contributed by atoms with Gasteiger partial charge in [0.15, 0.2) is 0 Å². The maximum Gasteiger partial charge on any atom is 0.131 e. The normalized spacial score (nSPS) is 10.7. The number of hydrogen-bond acceptors (Lipinski definition) is 4. The first kappa shape index (κ1) is 14.3. The van der Waals surface area contributed by atoms with Gasteiger partial charge in [-0.3, -0.25) is 0 Å². The number of aromatic nitrogens is 1. The second kappa shape index (κ2) is 6.89. The molecule has 0 radical (unpaired) electrons. The highest BCUT2D eigenvalue weighted by Gasteiger charge is 2.08. The van der Waals surface area contributed by atoms with Crippen LogP contribution < -0.4 is 10.5 Å². The number of nitrogens with two attached hydrogens (primary N) is 1. The molecule has 0 aliphatic carbocycles. The molecule has 1 heterocycles. The van der Waals surface area contributed by atoms with Gasteiger partial charge in [0.05, 0.1) is 10.7 Å². The largest absolute Gasteiger partial charge is 0.487 e. The molecule has 0 spiro atoms. The van der Waals surface area contributed by atoms with E-state index in [1.807, 2.05) is 23.6 Å². The Morgan fingerprint density at radius 2 is 2.26 bits per heavy atom. The lowest BCUT2D eigenvalue weighted by Crippen LogP contribution is -2.03. The SMILES string of the molecule is CCCc1nc(COc2cccc(Cl)c2CN)cs1. The average Bonchev–Trinajstić information content (AvgIpc) is 2.84. The monoisotopic (exact) mass is 296 g/mol. The lowest BCUT2D eigenvalue weighted by Gasteiger charge is -2.10. The summed E-state index contributed by atoms with van der Waals surface area (Å²) in [5.74, 6) is 0.736. The zero-order chi connectivity index (χ0) is 13.7. The smallest absolute Gasteiger partial charge is 0.131 e. The highest BCUT2D eigenvalue weighted by atomic mass is 35.5. The van der Waals surface area contributed by atoms with Crippen LogP contribution in [-0.4, -0.2) is 4.98 Å². The summed E-state index contributed by atoms with van der Waals surface area (Å²) < 4.78 is 5.77. The van der Waals surface area contributed by atoms with Crippen molar-refractivity contribution in [3.05, 3.63) is 44.9 Å².